The number of nitrogens with one attached hydrogen (secondary N) is 1. The fourth-order valence-corrected chi connectivity index (χ4v) is 2.30. The normalized spacial score (nSPS) is 11.9. The lowest BCUT2D eigenvalue weighted by Crippen LogP contribution is -2.33. The van der Waals surface area contributed by atoms with Crippen LogP contribution in [0.4, 0.5) is 0 Å². The zero-order valence-corrected chi connectivity index (χ0v) is 16.2. The molecule has 1 amide bonds. The summed E-state index contributed by atoms with van der Waals surface area (Å²) < 4.78 is 16.6. The van der Waals surface area contributed by atoms with E-state index in [2.05, 4.69) is 10.5 Å². The van der Waals surface area contributed by atoms with Gasteiger partial charge in [0, 0.05) is 0 Å². The van der Waals surface area contributed by atoms with Crippen molar-refractivity contribution in [3.63, 3.8) is 0 Å². The Bertz CT molecular complexity index is 790. The fourth-order valence-electron chi connectivity index (χ4n) is 2.30. The van der Waals surface area contributed by atoms with Crippen molar-refractivity contribution in [2.24, 2.45) is 5.10 Å². The second-order valence-electron chi connectivity index (χ2n) is 6.07. The first-order valence-electron chi connectivity index (χ1n) is 8.90. The van der Waals surface area contributed by atoms with Gasteiger partial charge in [-0.15, -0.1) is 0 Å². The van der Waals surface area contributed by atoms with Crippen molar-refractivity contribution in [1.82, 2.24) is 5.43 Å². The number of carbonyl (C=O) groups is 1. The Balaban J connectivity index is 1.92. The Morgan fingerprint density at radius 3 is 2.74 bits per heavy atom. The second kappa shape index (κ2) is 10.2. The lowest BCUT2D eigenvalue weighted by Gasteiger charge is -2.13. The molecular formula is C21H26N2O4. The van der Waals surface area contributed by atoms with Crippen molar-refractivity contribution in [3.05, 3.63) is 53.6 Å². The van der Waals surface area contributed by atoms with Crippen LogP contribution in [0, 0.1) is 6.92 Å². The molecule has 0 saturated heterocycles. The third-order valence-corrected chi connectivity index (χ3v) is 3.71. The number of ether oxygens (including phenoxy) is 3. The lowest BCUT2D eigenvalue weighted by molar-refractivity contribution is -0.127. The molecule has 0 saturated carbocycles. The van der Waals surface area contributed by atoms with Gasteiger partial charge in [-0.2, -0.15) is 5.10 Å². The smallest absolute Gasteiger partial charge is 0.280 e. The molecule has 0 aromatic heterocycles. The average molecular weight is 370 g/mol. The van der Waals surface area contributed by atoms with Crippen LogP contribution >= 0.6 is 0 Å². The molecule has 0 aliphatic rings. The molecule has 0 aliphatic heterocycles. The molecule has 0 fully saturated rings. The van der Waals surface area contributed by atoms with Crippen LogP contribution in [0.5, 0.6) is 17.2 Å². The highest BCUT2D eigenvalue weighted by Gasteiger charge is 2.14. The molecule has 2 rings (SSSR count). The van der Waals surface area contributed by atoms with E-state index in [9.17, 15) is 4.79 Å². The third kappa shape index (κ3) is 6.33. The minimum absolute atomic E-state index is 0.331. The number of rotatable bonds is 9. The summed E-state index contributed by atoms with van der Waals surface area (Å²) in [5.74, 6) is 1.62. The highest BCUT2D eigenvalue weighted by molar-refractivity contribution is 5.84. The molecule has 6 nitrogen and oxygen atoms in total. The van der Waals surface area contributed by atoms with Crippen LogP contribution < -0.4 is 19.6 Å². The topological polar surface area (TPSA) is 69.2 Å². The minimum Gasteiger partial charge on any atom is -0.493 e. The maximum atomic E-state index is 12.1. The van der Waals surface area contributed by atoms with E-state index in [0.717, 1.165) is 17.5 Å². The third-order valence-electron chi connectivity index (χ3n) is 3.71. The van der Waals surface area contributed by atoms with Crippen molar-refractivity contribution >= 4 is 12.1 Å². The van der Waals surface area contributed by atoms with Gasteiger partial charge in [0.2, 0.25) is 0 Å². The molecule has 0 aliphatic carbocycles. The van der Waals surface area contributed by atoms with E-state index >= 15 is 0 Å². The van der Waals surface area contributed by atoms with E-state index in [1.807, 2.05) is 50.2 Å². The standard InChI is InChI=1S/C21H26N2O4/c1-5-11-26-19-10-9-17(13-20(19)25-4)14-22-23-21(24)16(3)27-18-8-6-7-15(2)12-18/h6-10,12-14,16H,5,11H2,1-4H3,(H,23,24). The lowest BCUT2D eigenvalue weighted by atomic mass is 10.2. The summed E-state index contributed by atoms with van der Waals surface area (Å²) in [5.41, 5.74) is 4.33. The van der Waals surface area contributed by atoms with Gasteiger partial charge in [-0.3, -0.25) is 4.79 Å². The highest BCUT2D eigenvalue weighted by Crippen LogP contribution is 2.27. The first kappa shape index (κ1) is 20.3. The monoisotopic (exact) mass is 370 g/mol. The zero-order chi connectivity index (χ0) is 19.6. The average Bonchev–Trinajstić information content (AvgIpc) is 2.66. The van der Waals surface area contributed by atoms with Crippen LogP contribution in [-0.2, 0) is 4.79 Å². The first-order chi connectivity index (χ1) is 13.0. The van der Waals surface area contributed by atoms with Crippen LogP contribution in [0.1, 0.15) is 31.4 Å². The van der Waals surface area contributed by atoms with E-state index in [1.165, 1.54) is 0 Å². The molecule has 0 bridgehead atoms. The molecule has 27 heavy (non-hydrogen) atoms. The van der Waals surface area contributed by atoms with Crippen molar-refractivity contribution in [2.45, 2.75) is 33.3 Å². The van der Waals surface area contributed by atoms with E-state index in [0.29, 0.717) is 23.9 Å². The predicted molar refractivity (Wildman–Crippen MR) is 106 cm³/mol. The SMILES string of the molecule is CCCOc1ccc(C=NNC(=O)C(C)Oc2cccc(C)c2)cc1OC. The summed E-state index contributed by atoms with van der Waals surface area (Å²) in [4.78, 5) is 12.1. The molecular weight excluding hydrogens is 344 g/mol. The van der Waals surface area contributed by atoms with Crippen LogP contribution in [0.15, 0.2) is 47.6 Å². The van der Waals surface area contributed by atoms with Gasteiger partial charge >= 0.3 is 0 Å². The van der Waals surface area contributed by atoms with Gasteiger partial charge in [0.1, 0.15) is 5.75 Å². The Labute approximate surface area is 160 Å². The summed E-state index contributed by atoms with van der Waals surface area (Å²) in [6.45, 7) is 6.31. The van der Waals surface area contributed by atoms with Crippen LogP contribution in [0.25, 0.3) is 0 Å². The van der Waals surface area contributed by atoms with Gasteiger partial charge in [0.25, 0.3) is 5.91 Å². The quantitative estimate of drug-likeness (QED) is 0.540. The second-order valence-corrected chi connectivity index (χ2v) is 6.07. The first-order valence-corrected chi connectivity index (χ1v) is 8.90. The van der Waals surface area contributed by atoms with Gasteiger partial charge in [0.15, 0.2) is 17.6 Å². The van der Waals surface area contributed by atoms with Crippen molar-refractivity contribution in [2.75, 3.05) is 13.7 Å². The molecule has 1 atom stereocenters. The molecule has 144 valence electrons. The number of hydrogen-bond acceptors (Lipinski definition) is 5. The zero-order valence-electron chi connectivity index (χ0n) is 16.2. The number of hydrazone groups is 1. The van der Waals surface area contributed by atoms with Crippen LogP contribution in [0.3, 0.4) is 0 Å². The number of aryl methyl sites for hydroxylation is 1. The van der Waals surface area contributed by atoms with Gasteiger partial charge in [-0.25, -0.2) is 5.43 Å². The molecule has 1 unspecified atom stereocenters. The number of benzene rings is 2. The van der Waals surface area contributed by atoms with Crippen molar-refractivity contribution < 1.29 is 19.0 Å². The van der Waals surface area contributed by atoms with E-state index < -0.39 is 6.10 Å². The molecule has 2 aromatic rings. The highest BCUT2D eigenvalue weighted by atomic mass is 16.5. The molecule has 0 spiro atoms. The number of amides is 1. The maximum absolute atomic E-state index is 12.1. The van der Waals surface area contributed by atoms with Gasteiger partial charge in [0.05, 0.1) is 19.9 Å². The Kier molecular flexibility index (Phi) is 7.67. The molecule has 2 aromatic carbocycles. The Morgan fingerprint density at radius 1 is 1.22 bits per heavy atom. The molecule has 0 heterocycles. The molecule has 6 heteroatoms. The fraction of sp³-hybridized carbons (Fsp3) is 0.333. The van der Waals surface area contributed by atoms with E-state index in [4.69, 9.17) is 14.2 Å². The Hall–Kier alpha value is -3.02. The number of carbonyl (C=O) groups excluding carboxylic acids is 1. The largest absolute Gasteiger partial charge is 0.493 e. The molecule has 0 radical (unpaired) electrons. The maximum Gasteiger partial charge on any atom is 0.280 e. The summed E-state index contributed by atoms with van der Waals surface area (Å²) in [5, 5.41) is 3.99. The summed E-state index contributed by atoms with van der Waals surface area (Å²) in [6, 6.07) is 13.0. The molecule has 1 N–H and O–H groups in total. The number of hydrogen-bond donors (Lipinski definition) is 1. The van der Waals surface area contributed by atoms with Crippen LogP contribution in [0.2, 0.25) is 0 Å². The van der Waals surface area contributed by atoms with E-state index in [-0.39, 0.29) is 5.91 Å². The van der Waals surface area contributed by atoms with Crippen LogP contribution in [-0.4, -0.2) is 31.9 Å². The van der Waals surface area contributed by atoms with Gasteiger partial charge in [-0.1, -0.05) is 19.1 Å². The van der Waals surface area contributed by atoms with E-state index in [1.54, 1.807) is 26.3 Å². The number of nitrogens with zero attached hydrogens (tertiary/aromatic N) is 1. The summed E-state index contributed by atoms with van der Waals surface area (Å²) >= 11 is 0. The van der Waals surface area contributed by atoms with Crippen molar-refractivity contribution in [3.8, 4) is 17.2 Å². The summed E-state index contributed by atoms with van der Waals surface area (Å²) in [7, 11) is 1.58. The minimum atomic E-state index is -0.664. The van der Waals surface area contributed by atoms with Crippen molar-refractivity contribution in [1.29, 1.82) is 0 Å². The van der Waals surface area contributed by atoms with Gasteiger partial charge < -0.3 is 14.2 Å². The number of methoxy groups -OCH3 is 1. The van der Waals surface area contributed by atoms with Gasteiger partial charge in [-0.05, 0) is 61.7 Å². The Morgan fingerprint density at radius 2 is 2.04 bits per heavy atom. The predicted octanol–water partition coefficient (Wildman–Crippen LogP) is 3.71. The summed E-state index contributed by atoms with van der Waals surface area (Å²) in [6.07, 6.45) is 1.80.